The molecular formula is C16H18ClN3S. The fourth-order valence-electron chi connectivity index (χ4n) is 2.69. The van der Waals surface area contributed by atoms with Gasteiger partial charge in [0, 0.05) is 17.0 Å². The third kappa shape index (κ3) is 3.28. The van der Waals surface area contributed by atoms with Crippen molar-refractivity contribution in [3.05, 3.63) is 44.9 Å². The van der Waals surface area contributed by atoms with Gasteiger partial charge < -0.3 is 5.32 Å². The van der Waals surface area contributed by atoms with E-state index in [4.69, 9.17) is 11.6 Å². The minimum Gasteiger partial charge on any atom is -0.303 e. The molecule has 3 nitrogen and oxygen atoms in total. The summed E-state index contributed by atoms with van der Waals surface area (Å²) in [4.78, 5) is 0. The Morgan fingerprint density at radius 3 is 2.57 bits per heavy atom. The molecule has 5 heteroatoms. The van der Waals surface area contributed by atoms with Crippen LogP contribution in [0.1, 0.15) is 53.2 Å². The maximum Gasteiger partial charge on any atom is 0.131 e. The lowest BCUT2D eigenvalue weighted by Crippen LogP contribution is -2.22. The minimum atomic E-state index is 0.413. The number of rotatable bonds is 6. The van der Waals surface area contributed by atoms with E-state index in [1.165, 1.54) is 36.3 Å². The highest BCUT2D eigenvalue weighted by Crippen LogP contribution is 2.42. The van der Waals surface area contributed by atoms with E-state index in [-0.39, 0.29) is 0 Å². The monoisotopic (exact) mass is 319 g/mol. The van der Waals surface area contributed by atoms with Gasteiger partial charge in [-0.05, 0) is 49.3 Å². The highest BCUT2D eigenvalue weighted by molar-refractivity contribution is 7.11. The molecule has 1 N–H and O–H groups in total. The molecule has 2 saturated carbocycles. The zero-order chi connectivity index (χ0) is 14.2. The molecule has 1 unspecified atom stereocenters. The van der Waals surface area contributed by atoms with Gasteiger partial charge in [0.25, 0.3) is 0 Å². The Balaban J connectivity index is 1.43. The number of halogens is 1. The van der Waals surface area contributed by atoms with Gasteiger partial charge in [0.15, 0.2) is 0 Å². The third-order valence-corrected chi connectivity index (χ3v) is 5.54. The largest absolute Gasteiger partial charge is 0.303 e. The van der Waals surface area contributed by atoms with E-state index >= 15 is 0 Å². The van der Waals surface area contributed by atoms with Crippen LogP contribution in [0.25, 0.3) is 0 Å². The average molecular weight is 320 g/mol. The van der Waals surface area contributed by atoms with Crippen LogP contribution in [0, 0.1) is 5.92 Å². The van der Waals surface area contributed by atoms with Crippen molar-refractivity contribution in [2.45, 2.75) is 44.2 Å². The van der Waals surface area contributed by atoms with Crippen molar-refractivity contribution in [1.29, 1.82) is 0 Å². The summed E-state index contributed by atoms with van der Waals surface area (Å²) in [6.07, 6.45) is 5.20. The molecule has 2 aliphatic rings. The van der Waals surface area contributed by atoms with Crippen molar-refractivity contribution in [2.75, 3.05) is 0 Å². The van der Waals surface area contributed by atoms with Crippen LogP contribution < -0.4 is 5.32 Å². The molecule has 2 fully saturated rings. The summed E-state index contributed by atoms with van der Waals surface area (Å²) in [6, 6.07) is 8.63. The van der Waals surface area contributed by atoms with Gasteiger partial charge in [0.05, 0.1) is 6.54 Å². The number of benzene rings is 1. The molecule has 2 aliphatic carbocycles. The summed E-state index contributed by atoms with van der Waals surface area (Å²) in [7, 11) is 0. The lowest BCUT2D eigenvalue weighted by Gasteiger charge is -2.18. The number of hydrogen-bond donors (Lipinski definition) is 1. The maximum absolute atomic E-state index is 5.99. The first kappa shape index (κ1) is 13.7. The molecule has 0 saturated heterocycles. The molecule has 1 heterocycles. The summed E-state index contributed by atoms with van der Waals surface area (Å²) in [5.41, 5.74) is 1.33. The molecule has 0 radical (unpaired) electrons. The van der Waals surface area contributed by atoms with Gasteiger partial charge in [-0.1, -0.05) is 35.1 Å². The third-order valence-electron chi connectivity index (χ3n) is 4.20. The van der Waals surface area contributed by atoms with E-state index in [0.717, 1.165) is 22.5 Å². The standard InChI is InChI=1S/C16H18ClN3S/c17-13-7-5-11(6-8-13)15(10-1-2-10)18-9-14-19-20-16(21-14)12-3-4-12/h5-8,10,12,15,18H,1-4,9H2. The normalized spacial score (nSPS) is 19.7. The zero-order valence-corrected chi connectivity index (χ0v) is 13.3. The molecule has 0 amide bonds. The molecule has 1 aromatic heterocycles. The lowest BCUT2D eigenvalue weighted by molar-refractivity contribution is 0.478. The van der Waals surface area contributed by atoms with Crippen LogP contribution in [0.5, 0.6) is 0 Å². The van der Waals surface area contributed by atoms with Gasteiger partial charge in [-0.2, -0.15) is 0 Å². The fraction of sp³-hybridized carbons (Fsp3) is 0.500. The maximum atomic E-state index is 5.99. The Kier molecular flexibility index (Phi) is 3.69. The van der Waals surface area contributed by atoms with Gasteiger partial charge in [0.1, 0.15) is 10.0 Å². The van der Waals surface area contributed by atoms with E-state index in [1.54, 1.807) is 11.3 Å². The Morgan fingerprint density at radius 1 is 1.14 bits per heavy atom. The van der Waals surface area contributed by atoms with Crippen molar-refractivity contribution in [2.24, 2.45) is 5.92 Å². The van der Waals surface area contributed by atoms with Gasteiger partial charge in [-0.25, -0.2) is 0 Å². The number of aromatic nitrogens is 2. The summed E-state index contributed by atoms with van der Waals surface area (Å²) < 4.78 is 0. The Morgan fingerprint density at radius 2 is 1.90 bits per heavy atom. The summed E-state index contributed by atoms with van der Waals surface area (Å²) in [5.74, 6) is 1.45. The molecule has 0 spiro atoms. The molecule has 110 valence electrons. The number of hydrogen-bond acceptors (Lipinski definition) is 4. The molecule has 0 bridgehead atoms. The smallest absolute Gasteiger partial charge is 0.131 e. The van der Waals surface area contributed by atoms with Gasteiger partial charge in [-0.3, -0.25) is 0 Å². The molecule has 4 rings (SSSR count). The number of nitrogens with zero attached hydrogens (tertiary/aromatic N) is 2. The molecule has 1 atom stereocenters. The SMILES string of the molecule is Clc1ccc(C(NCc2nnc(C3CC3)s2)C2CC2)cc1. The first-order valence-electron chi connectivity index (χ1n) is 7.61. The van der Waals surface area contributed by atoms with Crippen LogP contribution >= 0.6 is 22.9 Å². The lowest BCUT2D eigenvalue weighted by atomic mass is 10.0. The molecule has 2 aromatic rings. The first-order valence-corrected chi connectivity index (χ1v) is 8.80. The van der Waals surface area contributed by atoms with E-state index in [0.29, 0.717) is 12.0 Å². The van der Waals surface area contributed by atoms with Crippen molar-refractivity contribution in [1.82, 2.24) is 15.5 Å². The van der Waals surface area contributed by atoms with Crippen molar-refractivity contribution < 1.29 is 0 Å². The predicted molar refractivity (Wildman–Crippen MR) is 85.6 cm³/mol. The summed E-state index contributed by atoms with van der Waals surface area (Å²) >= 11 is 7.76. The quantitative estimate of drug-likeness (QED) is 0.862. The Hall–Kier alpha value is -0.970. The highest BCUT2D eigenvalue weighted by atomic mass is 35.5. The van der Waals surface area contributed by atoms with Crippen molar-refractivity contribution >= 4 is 22.9 Å². The molecular weight excluding hydrogens is 302 g/mol. The second kappa shape index (κ2) is 5.67. The van der Waals surface area contributed by atoms with Crippen LogP contribution in [-0.4, -0.2) is 10.2 Å². The number of nitrogens with one attached hydrogen (secondary N) is 1. The second-order valence-electron chi connectivity index (χ2n) is 6.06. The van der Waals surface area contributed by atoms with Crippen molar-refractivity contribution in [3.8, 4) is 0 Å². The van der Waals surface area contributed by atoms with E-state index < -0.39 is 0 Å². The summed E-state index contributed by atoms with van der Waals surface area (Å²) in [5, 5.41) is 15.4. The van der Waals surface area contributed by atoms with Crippen LogP contribution in [0.15, 0.2) is 24.3 Å². The van der Waals surface area contributed by atoms with E-state index in [2.05, 4.69) is 27.6 Å². The van der Waals surface area contributed by atoms with Gasteiger partial charge in [-0.15, -0.1) is 10.2 Å². The molecule has 21 heavy (non-hydrogen) atoms. The first-order chi connectivity index (χ1) is 10.3. The average Bonchev–Trinajstić information content (AvgIpc) is 3.41. The van der Waals surface area contributed by atoms with Crippen LogP contribution in [-0.2, 0) is 6.54 Å². The molecule has 1 aromatic carbocycles. The van der Waals surface area contributed by atoms with Gasteiger partial charge >= 0.3 is 0 Å². The highest BCUT2D eigenvalue weighted by Gasteiger charge is 2.32. The van der Waals surface area contributed by atoms with Crippen LogP contribution in [0.2, 0.25) is 5.02 Å². The predicted octanol–water partition coefficient (Wildman–Crippen LogP) is 4.31. The molecule has 0 aliphatic heterocycles. The minimum absolute atomic E-state index is 0.413. The van der Waals surface area contributed by atoms with Crippen LogP contribution in [0.4, 0.5) is 0 Å². The van der Waals surface area contributed by atoms with Gasteiger partial charge in [0.2, 0.25) is 0 Å². The fourth-order valence-corrected chi connectivity index (χ4v) is 3.78. The summed E-state index contributed by atoms with van der Waals surface area (Å²) in [6.45, 7) is 0.814. The zero-order valence-electron chi connectivity index (χ0n) is 11.8. The van der Waals surface area contributed by atoms with E-state index in [9.17, 15) is 0 Å². The Bertz CT molecular complexity index is 617. The second-order valence-corrected chi connectivity index (χ2v) is 7.59. The van der Waals surface area contributed by atoms with Crippen LogP contribution in [0.3, 0.4) is 0 Å². The topological polar surface area (TPSA) is 37.8 Å². The van der Waals surface area contributed by atoms with Crippen molar-refractivity contribution in [3.63, 3.8) is 0 Å². The van der Waals surface area contributed by atoms with E-state index in [1.807, 2.05) is 12.1 Å². The Labute approximate surface area is 133 Å².